The average molecular weight is 274 g/mol. The highest BCUT2D eigenvalue weighted by Gasteiger charge is 2.32. The van der Waals surface area contributed by atoms with Gasteiger partial charge in [0.15, 0.2) is 0 Å². The third-order valence-corrected chi connectivity index (χ3v) is 2.85. The van der Waals surface area contributed by atoms with E-state index in [1.54, 1.807) is 6.07 Å². The summed E-state index contributed by atoms with van der Waals surface area (Å²) in [6.07, 6.45) is -2.27. The molecule has 5 heteroatoms. The zero-order valence-electron chi connectivity index (χ0n) is 11.4. The number of unbranched alkanes of at least 4 members (excludes halogenated alkanes) is 1. The molecule has 0 radical (unpaired) electrons. The molecule has 0 atom stereocenters. The van der Waals surface area contributed by atoms with Crippen molar-refractivity contribution in [1.29, 1.82) is 0 Å². The molecule has 0 bridgehead atoms. The van der Waals surface area contributed by atoms with Crippen LogP contribution in [0.2, 0.25) is 0 Å². The first-order valence-corrected chi connectivity index (χ1v) is 6.42. The lowest BCUT2D eigenvalue weighted by Crippen LogP contribution is -2.20. The van der Waals surface area contributed by atoms with E-state index in [9.17, 15) is 13.2 Å². The minimum absolute atomic E-state index is 0.262. The Hall–Kier alpha value is -1.07. The van der Waals surface area contributed by atoms with E-state index < -0.39 is 11.7 Å². The molecule has 1 rings (SSSR count). The number of rotatable bonds is 7. The van der Waals surface area contributed by atoms with Crippen molar-refractivity contribution in [1.82, 2.24) is 10.2 Å². The lowest BCUT2D eigenvalue weighted by Gasteiger charge is -2.13. The van der Waals surface area contributed by atoms with Crippen molar-refractivity contribution < 1.29 is 13.2 Å². The summed E-state index contributed by atoms with van der Waals surface area (Å²) in [7, 11) is 4.01. The summed E-state index contributed by atoms with van der Waals surface area (Å²) in [4.78, 5) is 2.10. The van der Waals surface area contributed by atoms with Crippen molar-refractivity contribution in [2.45, 2.75) is 25.6 Å². The maximum absolute atomic E-state index is 12.7. The lowest BCUT2D eigenvalue weighted by atomic mass is 10.1. The zero-order valence-corrected chi connectivity index (χ0v) is 11.4. The van der Waals surface area contributed by atoms with Gasteiger partial charge in [0.2, 0.25) is 0 Å². The largest absolute Gasteiger partial charge is 0.416 e. The molecule has 0 fully saturated rings. The molecule has 0 spiro atoms. The minimum Gasteiger partial charge on any atom is -0.313 e. The Labute approximate surface area is 112 Å². The van der Waals surface area contributed by atoms with Crippen molar-refractivity contribution in [2.75, 3.05) is 27.2 Å². The van der Waals surface area contributed by atoms with Crippen LogP contribution in [0.5, 0.6) is 0 Å². The number of halogens is 3. The molecule has 0 aliphatic heterocycles. The number of nitrogens with one attached hydrogen (secondary N) is 1. The van der Waals surface area contributed by atoms with E-state index in [1.807, 2.05) is 14.1 Å². The molecule has 0 unspecified atom stereocenters. The monoisotopic (exact) mass is 274 g/mol. The average Bonchev–Trinajstić information content (AvgIpc) is 2.32. The van der Waals surface area contributed by atoms with E-state index >= 15 is 0 Å². The molecule has 0 heterocycles. The SMILES string of the molecule is CN(C)CCCCNCc1ccccc1C(F)(F)F. The molecular weight excluding hydrogens is 253 g/mol. The quantitative estimate of drug-likeness (QED) is 0.768. The smallest absolute Gasteiger partial charge is 0.313 e. The van der Waals surface area contributed by atoms with Crippen LogP contribution in [0.4, 0.5) is 13.2 Å². The van der Waals surface area contributed by atoms with Gasteiger partial charge in [-0.1, -0.05) is 18.2 Å². The number of hydrogen-bond donors (Lipinski definition) is 1. The van der Waals surface area contributed by atoms with Crippen LogP contribution < -0.4 is 5.32 Å². The standard InChI is InChI=1S/C14H21F3N2/c1-19(2)10-6-5-9-18-11-12-7-3-4-8-13(12)14(15,16)17/h3-4,7-8,18H,5-6,9-11H2,1-2H3. The van der Waals surface area contributed by atoms with Crippen molar-refractivity contribution in [3.05, 3.63) is 35.4 Å². The second-order valence-corrected chi connectivity index (χ2v) is 4.84. The normalized spacial score (nSPS) is 12.1. The molecule has 0 aliphatic rings. The first kappa shape index (κ1) is 16.0. The fraction of sp³-hybridized carbons (Fsp3) is 0.571. The van der Waals surface area contributed by atoms with Crippen LogP contribution in [0.3, 0.4) is 0 Å². The molecule has 1 aromatic carbocycles. The van der Waals surface area contributed by atoms with E-state index in [0.29, 0.717) is 5.56 Å². The first-order valence-electron chi connectivity index (χ1n) is 6.42. The van der Waals surface area contributed by atoms with E-state index in [1.165, 1.54) is 12.1 Å². The summed E-state index contributed by atoms with van der Waals surface area (Å²) >= 11 is 0. The fourth-order valence-electron chi connectivity index (χ4n) is 1.85. The van der Waals surface area contributed by atoms with Gasteiger partial charge in [-0.15, -0.1) is 0 Å². The Bertz CT molecular complexity index is 375. The molecule has 19 heavy (non-hydrogen) atoms. The molecule has 108 valence electrons. The van der Waals surface area contributed by atoms with Crippen molar-refractivity contribution >= 4 is 0 Å². The fourth-order valence-corrected chi connectivity index (χ4v) is 1.85. The summed E-state index contributed by atoms with van der Waals surface area (Å²) in [5.41, 5.74) is -0.238. The van der Waals surface area contributed by atoms with Gasteiger partial charge in [0, 0.05) is 6.54 Å². The van der Waals surface area contributed by atoms with Crippen LogP contribution in [-0.4, -0.2) is 32.1 Å². The number of hydrogen-bond acceptors (Lipinski definition) is 2. The molecule has 2 nitrogen and oxygen atoms in total. The second kappa shape index (κ2) is 7.50. The molecule has 0 saturated heterocycles. The van der Waals surface area contributed by atoms with Gasteiger partial charge in [0.05, 0.1) is 5.56 Å². The Balaban J connectivity index is 2.37. The van der Waals surface area contributed by atoms with E-state index in [2.05, 4.69) is 10.2 Å². The lowest BCUT2D eigenvalue weighted by molar-refractivity contribution is -0.138. The van der Waals surface area contributed by atoms with E-state index in [-0.39, 0.29) is 6.54 Å². The maximum atomic E-state index is 12.7. The highest BCUT2D eigenvalue weighted by atomic mass is 19.4. The molecule has 1 aromatic rings. The minimum atomic E-state index is -4.27. The highest BCUT2D eigenvalue weighted by molar-refractivity contribution is 5.29. The van der Waals surface area contributed by atoms with Gasteiger partial charge < -0.3 is 10.2 Å². The topological polar surface area (TPSA) is 15.3 Å². The van der Waals surface area contributed by atoms with Crippen molar-refractivity contribution in [3.8, 4) is 0 Å². The number of nitrogens with zero attached hydrogens (tertiary/aromatic N) is 1. The Morgan fingerprint density at radius 1 is 1.11 bits per heavy atom. The Morgan fingerprint density at radius 3 is 2.42 bits per heavy atom. The van der Waals surface area contributed by atoms with Crippen LogP contribution in [-0.2, 0) is 12.7 Å². The third kappa shape index (κ3) is 6.07. The van der Waals surface area contributed by atoms with Gasteiger partial charge in [-0.25, -0.2) is 0 Å². The summed E-state index contributed by atoms with van der Waals surface area (Å²) in [6.45, 7) is 2.00. The third-order valence-electron chi connectivity index (χ3n) is 2.85. The van der Waals surface area contributed by atoms with Crippen LogP contribution in [0, 0.1) is 0 Å². The molecule has 0 saturated carbocycles. The van der Waals surface area contributed by atoms with Crippen LogP contribution in [0.1, 0.15) is 24.0 Å². The molecule has 0 amide bonds. The molecular formula is C14H21F3N2. The number of alkyl halides is 3. The van der Waals surface area contributed by atoms with Crippen LogP contribution >= 0.6 is 0 Å². The summed E-state index contributed by atoms with van der Waals surface area (Å²) in [6, 6.07) is 5.71. The van der Waals surface area contributed by atoms with Gasteiger partial charge in [0.25, 0.3) is 0 Å². The zero-order chi connectivity index (χ0) is 14.3. The molecule has 0 aliphatic carbocycles. The summed E-state index contributed by atoms with van der Waals surface area (Å²) in [5, 5.41) is 3.07. The summed E-state index contributed by atoms with van der Waals surface area (Å²) < 4.78 is 38.2. The van der Waals surface area contributed by atoms with Gasteiger partial charge >= 0.3 is 6.18 Å². The van der Waals surface area contributed by atoms with Gasteiger partial charge in [0.1, 0.15) is 0 Å². The molecule has 0 aromatic heterocycles. The van der Waals surface area contributed by atoms with Crippen LogP contribution in [0.25, 0.3) is 0 Å². The van der Waals surface area contributed by atoms with Crippen molar-refractivity contribution in [2.24, 2.45) is 0 Å². The second-order valence-electron chi connectivity index (χ2n) is 4.84. The molecule has 1 N–H and O–H groups in total. The Kier molecular flexibility index (Phi) is 6.31. The first-order chi connectivity index (χ1) is 8.91. The summed E-state index contributed by atoms with van der Waals surface area (Å²) in [5.74, 6) is 0. The van der Waals surface area contributed by atoms with Gasteiger partial charge in [-0.2, -0.15) is 13.2 Å². The van der Waals surface area contributed by atoms with E-state index in [0.717, 1.165) is 32.0 Å². The van der Waals surface area contributed by atoms with E-state index in [4.69, 9.17) is 0 Å². The maximum Gasteiger partial charge on any atom is 0.416 e. The van der Waals surface area contributed by atoms with Gasteiger partial charge in [-0.05, 0) is 51.7 Å². The highest BCUT2D eigenvalue weighted by Crippen LogP contribution is 2.31. The predicted octanol–water partition coefficient (Wildman–Crippen LogP) is 3.14. The predicted molar refractivity (Wildman–Crippen MR) is 70.9 cm³/mol. The number of benzene rings is 1. The Morgan fingerprint density at radius 2 is 1.79 bits per heavy atom. The van der Waals surface area contributed by atoms with Crippen LogP contribution in [0.15, 0.2) is 24.3 Å². The van der Waals surface area contributed by atoms with Gasteiger partial charge in [-0.3, -0.25) is 0 Å². The van der Waals surface area contributed by atoms with Crippen molar-refractivity contribution in [3.63, 3.8) is 0 Å².